The maximum absolute atomic E-state index is 6.16. The van der Waals surface area contributed by atoms with Crippen LogP contribution in [0.3, 0.4) is 0 Å². The molecular weight excluding hydrogens is 270 g/mol. The molecule has 1 aromatic carbocycles. The molecule has 1 aliphatic carbocycles. The van der Waals surface area contributed by atoms with Gasteiger partial charge in [-0.3, -0.25) is 4.98 Å². The minimum absolute atomic E-state index is 0.490. The van der Waals surface area contributed by atoms with E-state index in [0.717, 1.165) is 27.9 Å². The van der Waals surface area contributed by atoms with Gasteiger partial charge in [0.25, 0.3) is 0 Å². The van der Waals surface area contributed by atoms with Crippen LogP contribution >= 0.6 is 11.6 Å². The third-order valence-electron chi connectivity index (χ3n) is 3.61. The van der Waals surface area contributed by atoms with Crippen molar-refractivity contribution < 1.29 is 0 Å². The van der Waals surface area contributed by atoms with Gasteiger partial charge < -0.3 is 0 Å². The molecule has 2 heterocycles. The second kappa shape index (κ2) is 4.53. The van der Waals surface area contributed by atoms with E-state index in [-0.39, 0.29) is 0 Å². The van der Waals surface area contributed by atoms with Crippen LogP contribution < -0.4 is 0 Å². The average molecular weight is 282 g/mol. The van der Waals surface area contributed by atoms with E-state index in [0.29, 0.717) is 11.1 Å². The maximum atomic E-state index is 6.16. The largest absolute Gasteiger partial charge is 0.264 e. The number of pyridine rings is 1. The van der Waals surface area contributed by atoms with E-state index in [1.165, 1.54) is 12.8 Å². The molecule has 98 valence electrons. The molecule has 3 nitrogen and oxygen atoms in total. The van der Waals surface area contributed by atoms with Crippen LogP contribution in [0, 0.1) is 0 Å². The molecule has 0 radical (unpaired) electrons. The Kier molecular flexibility index (Phi) is 2.67. The topological polar surface area (TPSA) is 38.7 Å². The Bertz CT molecular complexity index is 791. The Morgan fingerprint density at radius 3 is 2.85 bits per heavy atom. The molecule has 4 heteroatoms. The van der Waals surface area contributed by atoms with E-state index in [1.807, 2.05) is 24.4 Å². The van der Waals surface area contributed by atoms with Crippen LogP contribution in [0.15, 0.2) is 42.7 Å². The summed E-state index contributed by atoms with van der Waals surface area (Å²) in [5.41, 5.74) is 1.97. The van der Waals surface area contributed by atoms with Gasteiger partial charge >= 0.3 is 0 Å². The van der Waals surface area contributed by atoms with Crippen molar-refractivity contribution >= 4 is 22.4 Å². The van der Waals surface area contributed by atoms with Gasteiger partial charge in [-0.15, -0.1) is 0 Å². The number of benzene rings is 1. The first-order valence-electron chi connectivity index (χ1n) is 6.69. The number of rotatable bonds is 2. The van der Waals surface area contributed by atoms with Gasteiger partial charge in [0.2, 0.25) is 0 Å². The third-order valence-corrected chi connectivity index (χ3v) is 3.80. The Balaban J connectivity index is 1.94. The summed E-state index contributed by atoms with van der Waals surface area (Å²) in [4.78, 5) is 13.2. The zero-order valence-corrected chi connectivity index (χ0v) is 11.5. The molecule has 1 saturated carbocycles. The predicted octanol–water partition coefficient (Wildman–Crippen LogP) is 4.22. The molecule has 1 fully saturated rings. The van der Waals surface area contributed by atoms with Crippen molar-refractivity contribution in [3.8, 4) is 11.3 Å². The molecule has 0 saturated heterocycles. The summed E-state index contributed by atoms with van der Waals surface area (Å²) >= 11 is 6.16. The lowest BCUT2D eigenvalue weighted by Crippen LogP contribution is -1.96. The molecule has 0 unspecified atom stereocenters. The average Bonchev–Trinajstić information content (AvgIpc) is 3.30. The summed E-state index contributed by atoms with van der Waals surface area (Å²) in [6.07, 6.45) is 6.00. The minimum Gasteiger partial charge on any atom is -0.264 e. The zero-order valence-electron chi connectivity index (χ0n) is 10.8. The van der Waals surface area contributed by atoms with Crippen LogP contribution in [0.5, 0.6) is 0 Å². The van der Waals surface area contributed by atoms with Crippen LogP contribution in [-0.4, -0.2) is 15.0 Å². The van der Waals surface area contributed by atoms with Crippen molar-refractivity contribution in [2.24, 2.45) is 0 Å². The standard InChI is InChI=1S/C16H12ClN3/c17-15-8-14(19-16(20-15)10-4-5-10)13-3-1-2-11-9-18-7-6-12(11)13/h1-3,6-10H,4-5H2. The molecule has 3 aromatic rings. The van der Waals surface area contributed by atoms with Gasteiger partial charge in [0, 0.05) is 35.3 Å². The SMILES string of the molecule is Clc1cc(-c2cccc3cnccc23)nc(C2CC2)n1. The van der Waals surface area contributed by atoms with Crippen LogP contribution in [-0.2, 0) is 0 Å². The summed E-state index contributed by atoms with van der Waals surface area (Å²) in [6, 6.07) is 9.99. The number of nitrogens with zero attached hydrogens (tertiary/aromatic N) is 3. The molecule has 20 heavy (non-hydrogen) atoms. The Morgan fingerprint density at radius 2 is 2.00 bits per heavy atom. The first-order chi connectivity index (χ1) is 9.81. The highest BCUT2D eigenvalue weighted by Gasteiger charge is 2.27. The highest BCUT2D eigenvalue weighted by molar-refractivity contribution is 6.29. The highest BCUT2D eigenvalue weighted by Crippen LogP contribution is 2.39. The number of aromatic nitrogens is 3. The summed E-state index contributed by atoms with van der Waals surface area (Å²) in [5, 5.41) is 2.76. The summed E-state index contributed by atoms with van der Waals surface area (Å²) in [7, 11) is 0. The van der Waals surface area contributed by atoms with Crippen LogP contribution in [0.4, 0.5) is 0 Å². The van der Waals surface area contributed by atoms with Crippen molar-refractivity contribution in [1.29, 1.82) is 0 Å². The predicted molar refractivity (Wildman–Crippen MR) is 79.8 cm³/mol. The molecule has 0 bridgehead atoms. The molecule has 0 amide bonds. The molecule has 0 aliphatic heterocycles. The lowest BCUT2D eigenvalue weighted by molar-refractivity contribution is 0.931. The van der Waals surface area contributed by atoms with Gasteiger partial charge in [-0.2, -0.15) is 0 Å². The third kappa shape index (κ3) is 2.04. The number of halogens is 1. The lowest BCUT2D eigenvalue weighted by atomic mass is 10.0. The maximum Gasteiger partial charge on any atom is 0.133 e. The number of fused-ring (bicyclic) bond motifs is 1. The van der Waals surface area contributed by atoms with E-state index < -0.39 is 0 Å². The molecule has 0 N–H and O–H groups in total. The van der Waals surface area contributed by atoms with Crippen molar-refractivity contribution in [1.82, 2.24) is 15.0 Å². The van der Waals surface area contributed by atoms with Crippen LogP contribution in [0.2, 0.25) is 5.15 Å². The fourth-order valence-electron chi connectivity index (χ4n) is 2.44. The van der Waals surface area contributed by atoms with Gasteiger partial charge in [0.1, 0.15) is 11.0 Å². The zero-order chi connectivity index (χ0) is 13.5. The number of hydrogen-bond acceptors (Lipinski definition) is 3. The lowest BCUT2D eigenvalue weighted by Gasteiger charge is -2.07. The summed E-state index contributed by atoms with van der Waals surface area (Å²) in [5.74, 6) is 1.36. The normalized spacial score (nSPS) is 14.7. The summed E-state index contributed by atoms with van der Waals surface area (Å²) < 4.78 is 0. The second-order valence-electron chi connectivity index (χ2n) is 5.11. The minimum atomic E-state index is 0.490. The molecule has 1 aliphatic rings. The first kappa shape index (κ1) is 11.8. The van der Waals surface area contributed by atoms with Crippen LogP contribution in [0.25, 0.3) is 22.0 Å². The van der Waals surface area contributed by atoms with E-state index in [4.69, 9.17) is 16.6 Å². The highest BCUT2D eigenvalue weighted by atomic mass is 35.5. The van der Waals surface area contributed by atoms with E-state index in [9.17, 15) is 0 Å². The fourth-order valence-corrected chi connectivity index (χ4v) is 2.63. The number of hydrogen-bond donors (Lipinski definition) is 0. The second-order valence-corrected chi connectivity index (χ2v) is 5.50. The van der Waals surface area contributed by atoms with Gasteiger partial charge in [0.05, 0.1) is 5.69 Å². The van der Waals surface area contributed by atoms with Gasteiger partial charge in [-0.05, 0) is 24.3 Å². The van der Waals surface area contributed by atoms with E-state index >= 15 is 0 Å². The van der Waals surface area contributed by atoms with E-state index in [2.05, 4.69) is 22.1 Å². The van der Waals surface area contributed by atoms with Gasteiger partial charge in [-0.25, -0.2) is 9.97 Å². The molecule has 0 spiro atoms. The quantitative estimate of drug-likeness (QED) is 0.660. The molecule has 0 atom stereocenters. The van der Waals surface area contributed by atoms with Crippen LogP contribution in [0.1, 0.15) is 24.6 Å². The van der Waals surface area contributed by atoms with Crippen molar-refractivity contribution in [2.75, 3.05) is 0 Å². The van der Waals surface area contributed by atoms with Gasteiger partial charge in [-0.1, -0.05) is 29.8 Å². The van der Waals surface area contributed by atoms with E-state index in [1.54, 1.807) is 6.20 Å². The smallest absolute Gasteiger partial charge is 0.133 e. The molecule has 4 rings (SSSR count). The first-order valence-corrected chi connectivity index (χ1v) is 7.06. The Morgan fingerprint density at radius 1 is 1.10 bits per heavy atom. The monoisotopic (exact) mass is 281 g/mol. The molecular formula is C16H12ClN3. The van der Waals surface area contributed by atoms with Crippen molar-refractivity contribution in [2.45, 2.75) is 18.8 Å². The Labute approximate surface area is 121 Å². The fraction of sp³-hybridized carbons (Fsp3) is 0.188. The van der Waals surface area contributed by atoms with Crippen molar-refractivity contribution in [3.63, 3.8) is 0 Å². The molecule has 2 aromatic heterocycles. The van der Waals surface area contributed by atoms with Gasteiger partial charge in [0.15, 0.2) is 0 Å². The van der Waals surface area contributed by atoms with Crippen molar-refractivity contribution in [3.05, 3.63) is 53.7 Å². The Hall–Kier alpha value is -2.00. The summed E-state index contributed by atoms with van der Waals surface area (Å²) in [6.45, 7) is 0.